The van der Waals surface area contributed by atoms with E-state index in [1.54, 1.807) is 12.1 Å². The van der Waals surface area contributed by atoms with Crippen molar-refractivity contribution in [3.05, 3.63) is 52.5 Å². The van der Waals surface area contributed by atoms with Gasteiger partial charge >= 0.3 is 0 Å². The number of primary amides is 1. The topological polar surface area (TPSA) is 69.1 Å². The third-order valence-electron chi connectivity index (χ3n) is 2.78. The van der Waals surface area contributed by atoms with Crippen LogP contribution < -0.4 is 5.73 Å². The van der Waals surface area contributed by atoms with Gasteiger partial charge in [0.1, 0.15) is 5.52 Å². The molecule has 0 fully saturated rings. The van der Waals surface area contributed by atoms with E-state index in [1.807, 2.05) is 30.3 Å². The fraction of sp³-hybridized carbons (Fsp3) is 0. The summed E-state index contributed by atoms with van der Waals surface area (Å²) in [7, 11) is 0. The summed E-state index contributed by atoms with van der Waals surface area (Å²) in [6.07, 6.45) is 0. The first-order valence-electron chi connectivity index (χ1n) is 5.61. The molecule has 0 radical (unpaired) electrons. The minimum absolute atomic E-state index is 0.337. The van der Waals surface area contributed by atoms with Gasteiger partial charge in [-0.05, 0) is 40.2 Å². The van der Waals surface area contributed by atoms with Crippen molar-refractivity contribution in [2.75, 3.05) is 0 Å². The number of aromatic nitrogens is 1. The highest BCUT2D eigenvalue weighted by Gasteiger charge is 2.17. The number of fused-ring (bicyclic) bond motifs is 1. The van der Waals surface area contributed by atoms with E-state index in [2.05, 4.69) is 20.9 Å². The molecule has 0 atom stereocenters. The Labute approximate surface area is 117 Å². The van der Waals surface area contributed by atoms with Crippen molar-refractivity contribution in [3.63, 3.8) is 0 Å². The molecule has 4 nitrogen and oxygen atoms in total. The number of hydrogen-bond acceptors (Lipinski definition) is 3. The zero-order chi connectivity index (χ0) is 13.4. The summed E-state index contributed by atoms with van der Waals surface area (Å²) in [6.45, 7) is 0. The standard InChI is InChI=1S/C14H9BrN2O2/c15-9-6-7-10-12(11(9)13(16)18)17-14(19-10)8-4-2-1-3-5-8/h1-7H,(H2,16,18). The maximum Gasteiger partial charge on any atom is 0.252 e. The molecule has 0 bridgehead atoms. The lowest BCUT2D eigenvalue weighted by atomic mass is 10.2. The highest BCUT2D eigenvalue weighted by atomic mass is 79.9. The van der Waals surface area contributed by atoms with Gasteiger partial charge in [-0.15, -0.1) is 0 Å². The number of carbonyl (C=O) groups excluding carboxylic acids is 1. The molecule has 0 aliphatic rings. The van der Waals surface area contributed by atoms with Crippen LogP contribution in [0.4, 0.5) is 0 Å². The Morgan fingerprint density at radius 1 is 1.16 bits per heavy atom. The molecule has 5 heteroatoms. The van der Waals surface area contributed by atoms with Crippen LogP contribution in [0.15, 0.2) is 51.4 Å². The molecule has 0 spiro atoms. The lowest BCUT2D eigenvalue weighted by Crippen LogP contribution is -2.12. The number of halogens is 1. The number of hydrogen-bond donors (Lipinski definition) is 1. The van der Waals surface area contributed by atoms with Crippen molar-refractivity contribution in [2.45, 2.75) is 0 Å². The Bertz CT molecular complexity index is 766. The first kappa shape index (κ1) is 11.9. The zero-order valence-corrected chi connectivity index (χ0v) is 11.3. The van der Waals surface area contributed by atoms with Gasteiger partial charge in [-0.3, -0.25) is 4.79 Å². The van der Waals surface area contributed by atoms with Crippen molar-refractivity contribution >= 4 is 32.9 Å². The molecule has 19 heavy (non-hydrogen) atoms. The molecular formula is C14H9BrN2O2. The summed E-state index contributed by atoms with van der Waals surface area (Å²) in [6, 6.07) is 13.0. The SMILES string of the molecule is NC(=O)c1c(Br)ccc2oc(-c3ccccc3)nc12. The molecule has 0 saturated carbocycles. The monoisotopic (exact) mass is 316 g/mol. The van der Waals surface area contributed by atoms with E-state index in [0.29, 0.717) is 27.0 Å². The largest absolute Gasteiger partial charge is 0.436 e. The van der Waals surface area contributed by atoms with Crippen molar-refractivity contribution < 1.29 is 9.21 Å². The predicted octanol–water partition coefficient (Wildman–Crippen LogP) is 3.36. The Morgan fingerprint density at radius 3 is 2.58 bits per heavy atom. The van der Waals surface area contributed by atoms with Gasteiger partial charge in [0.15, 0.2) is 5.58 Å². The number of nitrogens with zero attached hydrogens (tertiary/aromatic N) is 1. The number of benzene rings is 2. The van der Waals surface area contributed by atoms with E-state index in [0.717, 1.165) is 5.56 Å². The van der Waals surface area contributed by atoms with Gasteiger partial charge in [-0.1, -0.05) is 18.2 Å². The van der Waals surface area contributed by atoms with Gasteiger partial charge in [0.25, 0.3) is 5.91 Å². The van der Waals surface area contributed by atoms with Gasteiger partial charge in [0.05, 0.1) is 5.56 Å². The second-order valence-electron chi connectivity index (χ2n) is 4.02. The molecule has 3 rings (SSSR count). The van der Waals surface area contributed by atoms with Gasteiger partial charge in [0.2, 0.25) is 5.89 Å². The summed E-state index contributed by atoms with van der Waals surface area (Å²) in [5, 5.41) is 0. The van der Waals surface area contributed by atoms with E-state index in [4.69, 9.17) is 10.2 Å². The van der Waals surface area contributed by atoms with Crippen LogP contribution >= 0.6 is 15.9 Å². The molecule has 3 aromatic rings. The average Bonchev–Trinajstić information content (AvgIpc) is 2.83. The first-order valence-corrected chi connectivity index (χ1v) is 6.40. The Morgan fingerprint density at radius 2 is 1.89 bits per heavy atom. The molecule has 2 N–H and O–H groups in total. The van der Waals surface area contributed by atoms with Crippen LogP contribution in [-0.4, -0.2) is 10.9 Å². The van der Waals surface area contributed by atoms with E-state index in [-0.39, 0.29) is 0 Å². The maximum atomic E-state index is 11.5. The molecule has 1 heterocycles. The zero-order valence-electron chi connectivity index (χ0n) is 9.76. The first-order chi connectivity index (χ1) is 9.16. The number of oxazole rings is 1. The number of nitrogens with two attached hydrogens (primary N) is 1. The Balaban J connectivity index is 2.27. The van der Waals surface area contributed by atoms with E-state index in [1.165, 1.54) is 0 Å². The summed E-state index contributed by atoms with van der Waals surface area (Å²) < 4.78 is 6.27. The molecule has 0 unspecified atom stereocenters. The second-order valence-corrected chi connectivity index (χ2v) is 4.87. The Kier molecular flexibility index (Phi) is 2.83. The van der Waals surface area contributed by atoms with Crippen LogP contribution in [0.5, 0.6) is 0 Å². The lowest BCUT2D eigenvalue weighted by Gasteiger charge is -1.98. The van der Waals surface area contributed by atoms with Crippen LogP contribution in [0.25, 0.3) is 22.6 Å². The molecule has 0 aliphatic carbocycles. The second kappa shape index (κ2) is 4.51. The van der Waals surface area contributed by atoms with Gasteiger partial charge < -0.3 is 10.2 Å². The highest BCUT2D eigenvalue weighted by molar-refractivity contribution is 9.10. The minimum atomic E-state index is -0.537. The quantitative estimate of drug-likeness (QED) is 0.788. The van der Waals surface area contributed by atoms with E-state index in [9.17, 15) is 4.79 Å². The highest BCUT2D eigenvalue weighted by Crippen LogP contribution is 2.30. The summed E-state index contributed by atoms with van der Waals surface area (Å²) in [5.74, 6) is -0.0680. The number of carbonyl (C=O) groups is 1. The maximum absolute atomic E-state index is 11.5. The van der Waals surface area contributed by atoms with Crippen LogP contribution in [0.3, 0.4) is 0 Å². The van der Waals surface area contributed by atoms with Crippen molar-refractivity contribution in [3.8, 4) is 11.5 Å². The predicted molar refractivity (Wildman–Crippen MR) is 75.7 cm³/mol. The van der Waals surface area contributed by atoms with Crippen LogP contribution in [0, 0.1) is 0 Å². The van der Waals surface area contributed by atoms with Crippen LogP contribution in [0.2, 0.25) is 0 Å². The smallest absolute Gasteiger partial charge is 0.252 e. The summed E-state index contributed by atoms with van der Waals surface area (Å²) in [4.78, 5) is 15.9. The van der Waals surface area contributed by atoms with Crippen molar-refractivity contribution in [1.82, 2.24) is 4.98 Å². The molecular weight excluding hydrogens is 308 g/mol. The molecule has 0 saturated heterocycles. The third kappa shape index (κ3) is 2.02. The van der Waals surface area contributed by atoms with Crippen LogP contribution in [-0.2, 0) is 0 Å². The Hall–Kier alpha value is -2.14. The van der Waals surface area contributed by atoms with Crippen molar-refractivity contribution in [2.24, 2.45) is 5.73 Å². The fourth-order valence-corrected chi connectivity index (χ4v) is 2.42. The van der Waals surface area contributed by atoms with E-state index >= 15 is 0 Å². The normalized spacial score (nSPS) is 10.8. The lowest BCUT2D eigenvalue weighted by molar-refractivity contribution is 0.100. The average molecular weight is 317 g/mol. The fourth-order valence-electron chi connectivity index (χ4n) is 1.91. The van der Waals surface area contributed by atoms with Gasteiger partial charge in [-0.2, -0.15) is 0 Å². The minimum Gasteiger partial charge on any atom is -0.436 e. The molecule has 1 aromatic heterocycles. The third-order valence-corrected chi connectivity index (χ3v) is 3.44. The molecule has 94 valence electrons. The van der Waals surface area contributed by atoms with E-state index < -0.39 is 5.91 Å². The van der Waals surface area contributed by atoms with Crippen LogP contribution in [0.1, 0.15) is 10.4 Å². The molecule has 0 aliphatic heterocycles. The van der Waals surface area contributed by atoms with Gasteiger partial charge in [-0.25, -0.2) is 4.98 Å². The van der Waals surface area contributed by atoms with Crippen molar-refractivity contribution in [1.29, 1.82) is 0 Å². The number of amides is 1. The van der Waals surface area contributed by atoms with Gasteiger partial charge in [0, 0.05) is 10.0 Å². The summed E-state index contributed by atoms with van der Waals surface area (Å²) >= 11 is 3.30. The summed E-state index contributed by atoms with van der Waals surface area (Å²) in [5.41, 5.74) is 7.58. The molecule has 1 amide bonds. The molecule has 2 aromatic carbocycles. The number of rotatable bonds is 2.